The zero-order valence-corrected chi connectivity index (χ0v) is 5.91. The van der Waals surface area contributed by atoms with Crippen LogP contribution in [0.5, 0.6) is 0 Å². The smallest absolute Gasteiger partial charge is 0.00389 e. The highest BCUT2D eigenvalue weighted by atomic mass is 32.2. The van der Waals surface area contributed by atoms with Gasteiger partial charge in [0.1, 0.15) is 0 Å². The molecule has 0 aromatic heterocycles. The van der Waals surface area contributed by atoms with Crippen molar-refractivity contribution >= 4 is 11.8 Å². The topological polar surface area (TPSA) is 0 Å². The zero-order valence-electron chi connectivity index (χ0n) is 5.10. The fourth-order valence-corrected chi connectivity index (χ4v) is 3.02. The van der Waals surface area contributed by atoms with Crippen molar-refractivity contribution in [2.45, 2.75) is 19.3 Å². The lowest BCUT2D eigenvalue weighted by atomic mass is 9.75. The molecule has 0 nitrogen and oxygen atoms in total. The Morgan fingerprint density at radius 1 is 1.12 bits per heavy atom. The van der Waals surface area contributed by atoms with Crippen LogP contribution in [0.2, 0.25) is 0 Å². The fraction of sp³-hybridized carbons (Fsp3) is 1.00. The Kier molecular flexibility index (Phi) is 1.25. The minimum Gasteiger partial charge on any atom is -0.162 e. The van der Waals surface area contributed by atoms with Crippen LogP contribution in [-0.4, -0.2) is 11.5 Å². The van der Waals surface area contributed by atoms with E-state index in [1.807, 2.05) is 0 Å². The lowest BCUT2D eigenvalue weighted by Gasteiger charge is -2.31. The molecule has 0 N–H and O–H groups in total. The van der Waals surface area contributed by atoms with Crippen molar-refractivity contribution in [3.63, 3.8) is 0 Å². The van der Waals surface area contributed by atoms with Gasteiger partial charge in [0, 0.05) is 0 Å². The standard InChI is InChI=1S/C7H12S/c1-2-8-5-7-3-6(1)4-7/h6-7H,1-5H2. The first-order valence-corrected chi connectivity index (χ1v) is 4.68. The molecule has 2 saturated heterocycles. The van der Waals surface area contributed by atoms with Crippen LogP contribution < -0.4 is 0 Å². The van der Waals surface area contributed by atoms with E-state index < -0.39 is 0 Å². The molecule has 46 valence electrons. The van der Waals surface area contributed by atoms with Gasteiger partial charge in [0.25, 0.3) is 0 Å². The van der Waals surface area contributed by atoms with E-state index in [1.54, 1.807) is 12.8 Å². The highest BCUT2D eigenvalue weighted by Crippen LogP contribution is 2.41. The third-order valence-electron chi connectivity index (χ3n) is 2.36. The summed E-state index contributed by atoms with van der Waals surface area (Å²) in [7, 11) is 0. The molecule has 2 heterocycles. The van der Waals surface area contributed by atoms with Gasteiger partial charge >= 0.3 is 0 Å². The molecular weight excluding hydrogens is 116 g/mol. The third kappa shape index (κ3) is 0.771. The Morgan fingerprint density at radius 3 is 2.88 bits per heavy atom. The molecule has 2 bridgehead atoms. The van der Waals surface area contributed by atoms with Crippen LogP contribution in [0.4, 0.5) is 0 Å². The summed E-state index contributed by atoms with van der Waals surface area (Å²) in [5.41, 5.74) is 0. The van der Waals surface area contributed by atoms with Gasteiger partial charge in [0.2, 0.25) is 0 Å². The summed E-state index contributed by atoms with van der Waals surface area (Å²) in [5, 5.41) is 0. The summed E-state index contributed by atoms with van der Waals surface area (Å²) in [6, 6.07) is 0. The number of fused-ring (bicyclic) bond motifs is 3. The largest absolute Gasteiger partial charge is 0.162 e. The number of rotatable bonds is 0. The van der Waals surface area contributed by atoms with Crippen LogP contribution in [0.3, 0.4) is 0 Å². The quantitative estimate of drug-likeness (QED) is 0.481. The van der Waals surface area contributed by atoms with Crippen molar-refractivity contribution in [1.29, 1.82) is 0 Å². The fourth-order valence-electron chi connectivity index (χ4n) is 1.75. The zero-order chi connectivity index (χ0) is 5.40. The van der Waals surface area contributed by atoms with Crippen LogP contribution in [0.25, 0.3) is 0 Å². The SMILES string of the molecule is C1CC2CC(CS1)C2. The normalized spacial score (nSPS) is 45.0. The molecule has 1 saturated carbocycles. The van der Waals surface area contributed by atoms with Crippen LogP contribution in [-0.2, 0) is 0 Å². The molecule has 3 rings (SSSR count). The van der Waals surface area contributed by atoms with Crippen molar-refractivity contribution in [3.05, 3.63) is 0 Å². The maximum absolute atomic E-state index is 2.17. The number of hydrogen-bond acceptors (Lipinski definition) is 1. The van der Waals surface area contributed by atoms with E-state index in [9.17, 15) is 0 Å². The second-order valence-corrected chi connectivity index (χ2v) is 4.22. The monoisotopic (exact) mass is 128 g/mol. The predicted molar refractivity (Wildman–Crippen MR) is 38.2 cm³/mol. The van der Waals surface area contributed by atoms with Crippen LogP contribution in [0.1, 0.15) is 19.3 Å². The van der Waals surface area contributed by atoms with Gasteiger partial charge in [-0.1, -0.05) is 0 Å². The van der Waals surface area contributed by atoms with Crippen molar-refractivity contribution < 1.29 is 0 Å². The van der Waals surface area contributed by atoms with Crippen molar-refractivity contribution in [2.75, 3.05) is 11.5 Å². The summed E-state index contributed by atoms with van der Waals surface area (Å²) in [4.78, 5) is 0. The van der Waals surface area contributed by atoms with Crippen molar-refractivity contribution in [1.82, 2.24) is 0 Å². The van der Waals surface area contributed by atoms with Gasteiger partial charge in [-0.15, -0.1) is 0 Å². The van der Waals surface area contributed by atoms with E-state index in [4.69, 9.17) is 0 Å². The second-order valence-electron chi connectivity index (χ2n) is 3.07. The Balaban J connectivity index is 1.95. The Bertz CT molecular complexity index is 68.9. The molecule has 0 radical (unpaired) electrons. The third-order valence-corrected chi connectivity index (χ3v) is 3.59. The van der Waals surface area contributed by atoms with E-state index in [-0.39, 0.29) is 0 Å². The molecule has 2 aliphatic heterocycles. The molecule has 0 amide bonds. The van der Waals surface area contributed by atoms with Crippen LogP contribution in [0.15, 0.2) is 0 Å². The molecule has 1 heteroatoms. The van der Waals surface area contributed by atoms with Crippen LogP contribution >= 0.6 is 11.8 Å². The van der Waals surface area contributed by atoms with Crippen molar-refractivity contribution in [2.24, 2.45) is 11.8 Å². The molecule has 8 heavy (non-hydrogen) atoms. The maximum atomic E-state index is 2.17. The average molecular weight is 128 g/mol. The molecule has 0 atom stereocenters. The maximum Gasteiger partial charge on any atom is -0.00389 e. The van der Waals surface area contributed by atoms with E-state index in [0.29, 0.717) is 0 Å². The first-order valence-electron chi connectivity index (χ1n) is 3.53. The van der Waals surface area contributed by atoms with Gasteiger partial charge in [-0.2, -0.15) is 11.8 Å². The molecule has 0 spiro atoms. The Labute approximate surface area is 55.0 Å². The summed E-state index contributed by atoms with van der Waals surface area (Å²) in [6.45, 7) is 0. The van der Waals surface area contributed by atoms with Gasteiger partial charge in [-0.25, -0.2) is 0 Å². The predicted octanol–water partition coefficient (Wildman–Crippen LogP) is 2.15. The molecule has 1 aliphatic carbocycles. The number of thioether (sulfide) groups is 1. The van der Waals surface area contributed by atoms with Gasteiger partial charge in [0.15, 0.2) is 0 Å². The minimum absolute atomic E-state index is 1.13. The van der Waals surface area contributed by atoms with E-state index in [0.717, 1.165) is 11.8 Å². The van der Waals surface area contributed by atoms with Gasteiger partial charge < -0.3 is 0 Å². The van der Waals surface area contributed by atoms with Gasteiger partial charge in [-0.3, -0.25) is 0 Å². The van der Waals surface area contributed by atoms with Crippen molar-refractivity contribution in [3.8, 4) is 0 Å². The summed E-state index contributed by atoms with van der Waals surface area (Å²) in [5.74, 6) is 5.19. The lowest BCUT2D eigenvalue weighted by molar-refractivity contribution is 0.218. The molecule has 3 fully saturated rings. The molecule has 0 aromatic rings. The van der Waals surface area contributed by atoms with E-state index >= 15 is 0 Å². The molecular formula is C7H12S. The first kappa shape index (κ1) is 5.16. The highest BCUT2D eigenvalue weighted by molar-refractivity contribution is 7.99. The Morgan fingerprint density at radius 2 is 2.00 bits per heavy atom. The molecule has 0 aromatic carbocycles. The number of hydrogen-bond donors (Lipinski definition) is 0. The first-order chi connectivity index (χ1) is 3.95. The van der Waals surface area contributed by atoms with Crippen LogP contribution in [0, 0.1) is 11.8 Å². The van der Waals surface area contributed by atoms with E-state index in [2.05, 4.69) is 11.8 Å². The lowest BCUT2D eigenvalue weighted by Crippen LogP contribution is -2.22. The minimum atomic E-state index is 1.13. The highest BCUT2D eigenvalue weighted by Gasteiger charge is 2.30. The molecule has 0 unspecified atom stereocenters. The average Bonchev–Trinajstić information content (AvgIpc) is 1.89. The summed E-state index contributed by atoms with van der Waals surface area (Å²) in [6.07, 6.45) is 4.64. The van der Waals surface area contributed by atoms with Gasteiger partial charge in [-0.05, 0) is 42.6 Å². The molecule has 3 aliphatic rings. The van der Waals surface area contributed by atoms with Gasteiger partial charge in [0.05, 0.1) is 0 Å². The Hall–Kier alpha value is 0.350. The summed E-state index contributed by atoms with van der Waals surface area (Å²) < 4.78 is 0. The van der Waals surface area contributed by atoms with E-state index in [1.165, 1.54) is 17.9 Å². The summed E-state index contributed by atoms with van der Waals surface area (Å²) >= 11 is 2.17. The second kappa shape index (κ2) is 1.94.